The number of pyridine rings is 1. The Kier molecular flexibility index (Phi) is 8.52. The highest BCUT2D eigenvalue weighted by Gasteiger charge is 2.22. The van der Waals surface area contributed by atoms with E-state index in [2.05, 4.69) is 138 Å². The van der Waals surface area contributed by atoms with E-state index in [9.17, 15) is 17.3 Å². The van der Waals surface area contributed by atoms with Crippen LogP contribution in [0.1, 0.15) is 5.56 Å². The van der Waals surface area contributed by atoms with Crippen molar-refractivity contribution in [3.8, 4) is 33.6 Å². The maximum Gasteiger partial charge on any atom is 0.673 e. The molecule has 0 radical (unpaired) electrons. The van der Waals surface area contributed by atoms with Crippen molar-refractivity contribution in [2.24, 2.45) is 0 Å². The van der Waals surface area contributed by atoms with Gasteiger partial charge in [-0.1, -0.05) is 97.1 Å². The fourth-order valence-corrected chi connectivity index (χ4v) is 4.24. The van der Waals surface area contributed by atoms with E-state index >= 15 is 0 Å². The van der Waals surface area contributed by atoms with Crippen molar-refractivity contribution in [1.82, 2.24) is 0 Å². The molecule has 0 unspecified atom stereocenters. The van der Waals surface area contributed by atoms with E-state index in [0.29, 0.717) is 0 Å². The minimum Gasteiger partial charge on any atom is -0.418 e. The Hall–Kier alpha value is -4.19. The maximum absolute atomic E-state index is 9.75. The van der Waals surface area contributed by atoms with Gasteiger partial charge in [0.2, 0.25) is 11.4 Å². The molecule has 6 heteroatoms. The van der Waals surface area contributed by atoms with Crippen LogP contribution in [0.25, 0.3) is 33.6 Å². The van der Waals surface area contributed by atoms with Gasteiger partial charge in [0.15, 0.2) is 6.54 Å². The van der Waals surface area contributed by atoms with Crippen molar-refractivity contribution in [2.75, 3.05) is 0 Å². The smallest absolute Gasteiger partial charge is 0.418 e. The topological polar surface area (TPSA) is 3.88 Å². The Bertz CT molecular complexity index is 1330. The van der Waals surface area contributed by atoms with E-state index in [1.807, 2.05) is 0 Å². The normalized spacial score (nSPS) is 10.9. The molecule has 4 aromatic carbocycles. The van der Waals surface area contributed by atoms with Crippen molar-refractivity contribution in [1.29, 1.82) is 0 Å². The zero-order valence-corrected chi connectivity index (χ0v) is 20.2. The third kappa shape index (κ3) is 7.65. The molecule has 186 valence electrons. The summed E-state index contributed by atoms with van der Waals surface area (Å²) in [5, 5.41) is 0. The third-order valence-electron chi connectivity index (χ3n) is 5.88. The number of benzene rings is 4. The summed E-state index contributed by atoms with van der Waals surface area (Å²) >= 11 is 0. The number of hydrogen-bond donors (Lipinski definition) is 0. The largest absolute Gasteiger partial charge is 0.673 e. The van der Waals surface area contributed by atoms with E-state index in [4.69, 9.17) is 0 Å². The van der Waals surface area contributed by atoms with Gasteiger partial charge in [0.05, 0.1) is 0 Å². The molecule has 0 spiro atoms. The summed E-state index contributed by atoms with van der Waals surface area (Å²) < 4.78 is 41.5. The quantitative estimate of drug-likeness (QED) is 0.125. The maximum atomic E-state index is 9.75. The monoisotopic (exact) mass is 499 g/mol. The van der Waals surface area contributed by atoms with Crippen LogP contribution in [0.15, 0.2) is 133 Å². The lowest BCUT2D eigenvalue weighted by molar-refractivity contribution is -0.674. The molecule has 37 heavy (non-hydrogen) atoms. The first-order valence-electron chi connectivity index (χ1n) is 12.0. The van der Waals surface area contributed by atoms with Crippen LogP contribution in [-0.4, -0.2) is 7.25 Å². The summed E-state index contributed by atoms with van der Waals surface area (Å²) in [4.78, 5) is 0. The highest BCUT2D eigenvalue weighted by Crippen LogP contribution is 2.29. The molecule has 0 aliphatic rings. The van der Waals surface area contributed by atoms with Crippen LogP contribution < -0.4 is 4.57 Å². The van der Waals surface area contributed by atoms with Gasteiger partial charge in [-0.2, -0.15) is 4.57 Å². The lowest BCUT2D eigenvalue weighted by Gasteiger charge is -2.13. The van der Waals surface area contributed by atoms with E-state index in [1.54, 1.807) is 0 Å². The first-order valence-corrected chi connectivity index (χ1v) is 12.0. The van der Waals surface area contributed by atoms with E-state index in [-0.39, 0.29) is 0 Å². The summed E-state index contributed by atoms with van der Waals surface area (Å²) in [7, 11) is -6.00. The molecule has 1 nitrogen and oxygen atoms in total. The molecule has 0 N–H and O–H groups in total. The van der Waals surface area contributed by atoms with Gasteiger partial charge < -0.3 is 17.3 Å². The van der Waals surface area contributed by atoms with Crippen molar-refractivity contribution in [3.63, 3.8) is 0 Å². The lowest BCUT2D eigenvalue weighted by atomic mass is 9.98. The van der Waals surface area contributed by atoms with E-state index in [0.717, 1.165) is 13.0 Å². The van der Waals surface area contributed by atoms with Gasteiger partial charge in [-0.3, -0.25) is 0 Å². The average molecular weight is 499 g/mol. The number of aryl methyl sites for hydroxylation is 1. The van der Waals surface area contributed by atoms with Gasteiger partial charge in [-0.05, 0) is 41.0 Å². The van der Waals surface area contributed by atoms with Gasteiger partial charge in [0.1, 0.15) is 0 Å². The van der Waals surface area contributed by atoms with Crippen LogP contribution in [0.4, 0.5) is 17.3 Å². The van der Waals surface area contributed by atoms with E-state index in [1.165, 1.54) is 39.2 Å². The molecular formula is C31H26BF4N. The van der Waals surface area contributed by atoms with E-state index < -0.39 is 7.25 Å². The fraction of sp³-hybridized carbons (Fsp3) is 0.0645. The molecule has 0 aliphatic carbocycles. The van der Waals surface area contributed by atoms with Crippen LogP contribution in [-0.2, 0) is 13.0 Å². The summed E-state index contributed by atoms with van der Waals surface area (Å²) in [6.45, 7) is 0.910. The van der Waals surface area contributed by atoms with Crippen LogP contribution >= 0.6 is 0 Å². The number of rotatable bonds is 6. The molecule has 1 aromatic heterocycles. The molecule has 1 heterocycles. The minimum atomic E-state index is -6.00. The predicted molar refractivity (Wildman–Crippen MR) is 143 cm³/mol. The molecule has 0 aliphatic heterocycles. The number of nitrogens with zero attached hydrogens (tertiary/aromatic N) is 1. The summed E-state index contributed by atoms with van der Waals surface area (Å²) in [6, 6.07) is 47.5. The van der Waals surface area contributed by atoms with Gasteiger partial charge in [-0.25, -0.2) is 0 Å². The predicted octanol–water partition coefficient (Wildman–Crippen LogP) is 8.52. The standard InChI is InChI=1S/C31H26N.BF4/c1-5-13-25(14-6-1)21-22-32-30(27-17-9-3-10-18-27)23-29(26-15-7-2-8-16-26)24-31(32)28-19-11-4-12-20-28;2-1(3,4)5/h1-20,23-24H,21-22H2;/q+1;-1. The molecule has 0 atom stereocenters. The third-order valence-corrected chi connectivity index (χ3v) is 5.88. The molecular weight excluding hydrogens is 473 g/mol. The number of aromatic nitrogens is 1. The first kappa shape index (κ1) is 25.9. The zero-order chi connectivity index (χ0) is 26.1. The second-order valence-corrected chi connectivity index (χ2v) is 8.49. The summed E-state index contributed by atoms with van der Waals surface area (Å²) in [6.07, 6.45) is 0.982. The molecule has 0 saturated heterocycles. The van der Waals surface area contributed by atoms with Gasteiger partial charge in [0, 0.05) is 29.7 Å². The van der Waals surface area contributed by atoms with Crippen molar-refractivity contribution in [3.05, 3.63) is 139 Å². The Morgan fingerprint density at radius 3 is 1.22 bits per heavy atom. The molecule has 5 rings (SSSR count). The highest BCUT2D eigenvalue weighted by molar-refractivity contribution is 6.50. The average Bonchev–Trinajstić information content (AvgIpc) is 2.92. The molecule has 0 amide bonds. The molecule has 0 bridgehead atoms. The Morgan fingerprint density at radius 2 is 0.811 bits per heavy atom. The van der Waals surface area contributed by atoms with Gasteiger partial charge >= 0.3 is 7.25 Å². The first-order chi connectivity index (χ1) is 17.9. The van der Waals surface area contributed by atoms with Crippen LogP contribution in [0.2, 0.25) is 0 Å². The van der Waals surface area contributed by atoms with Crippen molar-refractivity contribution in [2.45, 2.75) is 13.0 Å². The van der Waals surface area contributed by atoms with Crippen LogP contribution in [0, 0.1) is 0 Å². The number of hydrogen-bond acceptors (Lipinski definition) is 0. The number of halogens is 4. The minimum absolute atomic E-state index is 0.910. The zero-order valence-electron chi connectivity index (χ0n) is 20.2. The summed E-state index contributed by atoms with van der Waals surface area (Å²) in [5.41, 5.74) is 8.76. The van der Waals surface area contributed by atoms with Gasteiger partial charge in [-0.15, -0.1) is 0 Å². The second-order valence-electron chi connectivity index (χ2n) is 8.49. The van der Waals surface area contributed by atoms with Crippen molar-refractivity contribution < 1.29 is 21.8 Å². The van der Waals surface area contributed by atoms with Gasteiger partial charge in [0.25, 0.3) is 0 Å². The fourth-order valence-electron chi connectivity index (χ4n) is 4.24. The Labute approximate surface area is 214 Å². The summed E-state index contributed by atoms with van der Waals surface area (Å²) in [5.74, 6) is 0. The second kappa shape index (κ2) is 12.2. The molecule has 5 aromatic rings. The van der Waals surface area contributed by atoms with Crippen LogP contribution in [0.5, 0.6) is 0 Å². The SMILES string of the molecule is F[B-](F)(F)F.c1ccc(CC[n+]2c(-c3ccccc3)cc(-c3ccccc3)cc2-c2ccccc2)cc1. The lowest BCUT2D eigenvalue weighted by Crippen LogP contribution is -2.40. The van der Waals surface area contributed by atoms with Crippen molar-refractivity contribution >= 4 is 7.25 Å². The molecule has 0 fully saturated rings. The van der Waals surface area contributed by atoms with Crippen LogP contribution in [0.3, 0.4) is 0 Å². The molecule has 0 saturated carbocycles. The highest BCUT2D eigenvalue weighted by atomic mass is 19.5. The Balaban J connectivity index is 0.000000586. The Morgan fingerprint density at radius 1 is 0.459 bits per heavy atom.